The van der Waals surface area contributed by atoms with E-state index in [1.54, 1.807) is 6.92 Å². The first-order valence-electron chi connectivity index (χ1n) is 11.2. The molecule has 34 heavy (non-hydrogen) atoms. The zero-order valence-electron chi connectivity index (χ0n) is 19.0. The maximum absolute atomic E-state index is 11.9. The quantitative estimate of drug-likeness (QED) is 0.246. The number of benzene rings is 3. The third-order valence-corrected chi connectivity index (χ3v) is 5.47. The van der Waals surface area contributed by atoms with E-state index in [1.807, 2.05) is 71.7 Å². The first-order chi connectivity index (χ1) is 16.7. The van der Waals surface area contributed by atoms with Gasteiger partial charge in [0.15, 0.2) is 0 Å². The van der Waals surface area contributed by atoms with Crippen molar-refractivity contribution in [3.8, 4) is 6.07 Å². The summed E-state index contributed by atoms with van der Waals surface area (Å²) < 4.78 is 4.94. The van der Waals surface area contributed by atoms with Crippen molar-refractivity contribution in [1.29, 1.82) is 5.26 Å². The number of ether oxygens (including phenoxy) is 1. The molecule has 5 heteroatoms. The normalized spacial score (nSPS) is 15.8. The zero-order chi connectivity index (χ0) is 23.8. The van der Waals surface area contributed by atoms with Crippen LogP contribution in [0.25, 0.3) is 12.2 Å². The van der Waals surface area contributed by atoms with Crippen molar-refractivity contribution in [2.24, 2.45) is 5.10 Å². The minimum atomic E-state index is -0.614. The van der Waals surface area contributed by atoms with Crippen molar-refractivity contribution < 1.29 is 9.53 Å². The van der Waals surface area contributed by atoms with Gasteiger partial charge in [-0.3, -0.25) is 5.01 Å². The largest absolute Gasteiger partial charge is 0.462 e. The van der Waals surface area contributed by atoms with Crippen LogP contribution in [0.5, 0.6) is 0 Å². The van der Waals surface area contributed by atoms with Crippen molar-refractivity contribution >= 4 is 29.5 Å². The summed E-state index contributed by atoms with van der Waals surface area (Å²) in [6.45, 7) is 1.94. The second kappa shape index (κ2) is 10.9. The second-order valence-electron chi connectivity index (χ2n) is 7.79. The molecule has 1 unspecified atom stereocenters. The zero-order valence-corrected chi connectivity index (χ0v) is 19.0. The van der Waals surface area contributed by atoms with Gasteiger partial charge in [0.2, 0.25) is 0 Å². The van der Waals surface area contributed by atoms with Gasteiger partial charge in [0.05, 0.1) is 24.0 Å². The van der Waals surface area contributed by atoms with Crippen LogP contribution in [-0.4, -0.2) is 18.3 Å². The van der Waals surface area contributed by atoms with E-state index in [9.17, 15) is 10.1 Å². The van der Waals surface area contributed by atoms with E-state index < -0.39 is 5.97 Å². The van der Waals surface area contributed by atoms with Crippen molar-refractivity contribution in [3.05, 3.63) is 113 Å². The molecule has 0 fully saturated rings. The van der Waals surface area contributed by atoms with E-state index in [4.69, 9.17) is 9.84 Å². The minimum Gasteiger partial charge on any atom is -0.462 e. The van der Waals surface area contributed by atoms with Crippen LogP contribution in [0.1, 0.15) is 36.1 Å². The fourth-order valence-corrected chi connectivity index (χ4v) is 3.80. The van der Waals surface area contributed by atoms with E-state index in [0.29, 0.717) is 0 Å². The number of anilines is 1. The maximum atomic E-state index is 11.9. The molecule has 1 aliphatic rings. The van der Waals surface area contributed by atoms with E-state index in [2.05, 4.69) is 36.4 Å². The summed E-state index contributed by atoms with van der Waals surface area (Å²) in [5.41, 5.74) is 4.97. The summed E-state index contributed by atoms with van der Waals surface area (Å²) >= 11 is 0. The molecule has 3 aromatic carbocycles. The first-order valence-corrected chi connectivity index (χ1v) is 11.2. The highest BCUT2D eigenvalue weighted by Crippen LogP contribution is 2.35. The third-order valence-electron chi connectivity index (χ3n) is 5.47. The van der Waals surface area contributed by atoms with Crippen LogP contribution in [0.2, 0.25) is 0 Å². The summed E-state index contributed by atoms with van der Waals surface area (Å²) in [6, 6.07) is 30.1. The first kappa shape index (κ1) is 22.8. The van der Waals surface area contributed by atoms with Gasteiger partial charge in [-0.2, -0.15) is 10.4 Å². The van der Waals surface area contributed by atoms with Crippen LogP contribution < -0.4 is 5.01 Å². The van der Waals surface area contributed by atoms with Gasteiger partial charge in [0.1, 0.15) is 11.6 Å². The Bertz CT molecular complexity index is 1250. The average molecular weight is 448 g/mol. The van der Waals surface area contributed by atoms with Gasteiger partial charge in [-0.1, -0.05) is 78.9 Å². The van der Waals surface area contributed by atoms with Gasteiger partial charge in [0.25, 0.3) is 0 Å². The molecule has 3 aromatic rings. The Morgan fingerprint density at radius 1 is 1.00 bits per heavy atom. The molecular formula is C29H25N3O2. The van der Waals surface area contributed by atoms with Crippen molar-refractivity contribution in [2.45, 2.75) is 19.4 Å². The average Bonchev–Trinajstić information content (AvgIpc) is 3.32. The van der Waals surface area contributed by atoms with Gasteiger partial charge in [-0.25, -0.2) is 4.79 Å². The molecule has 0 saturated heterocycles. The number of hydrazone groups is 1. The lowest BCUT2D eigenvalue weighted by atomic mass is 10.0. The van der Waals surface area contributed by atoms with Gasteiger partial charge in [-0.05, 0) is 47.9 Å². The van der Waals surface area contributed by atoms with Gasteiger partial charge in [-0.15, -0.1) is 0 Å². The highest BCUT2D eigenvalue weighted by atomic mass is 16.5. The molecule has 1 heterocycles. The van der Waals surface area contributed by atoms with Crippen molar-refractivity contribution in [1.82, 2.24) is 0 Å². The molecule has 0 amide bonds. The Morgan fingerprint density at radius 3 is 2.32 bits per heavy atom. The fourth-order valence-electron chi connectivity index (χ4n) is 3.80. The summed E-state index contributed by atoms with van der Waals surface area (Å²) in [4.78, 5) is 11.9. The SMILES string of the molecule is CCOC(=O)C(C#N)=Cc1ccc(N2N=C(C=Cc3ccccc3)CC2c2ccccc2)cc1. The molecular weight excluding hydrogens is 422 g/mol. The molecule has 1 aliphatic heterocycles. The molecule has 4 rings (SSSR count). The summed E-state index contributed by atoms with van der Waals surface area (Å²) in [5, 5.41) is 16.2. The number of nitriles is 1. The molecule has 0 radical (unpaired) electrons. The lowest BCUT2D eigenvalue weighted by molar-refractivity contribution is -0.137. The summed E-state index contributed by atoms with van der Waals surface area (Å²) in [7, 11) is 0. The minimum absolute atomic E-state index is 0.0238. The predicted octanol–water partition coefficient (Wildman–Crippen LogP) is 6.18. The number of hydrogen-bond acceptors (Lipinski definition) is 5. The molecule has 0 aliphatic carbocycles. The number of carbonyl (C=O) groups excluding carboxylic acids is 1. The maximum Gasteiger partial charge on any atom is 0.348 e. The van der Waals surface area contributed by atoms with Crippen LogP contribution in [0, 0.1) is 11.3 Å². The van der Waals surface area contributed by atoms with Gasteiger partial charge < -0.3 is 4.74 Å². The lowest BCUT2D eigenvalue weighted by Gasteiger charge is -2.24. The fraction of sp³-hybridized carbons (Fsp3) is 0.138. The Morgan fingerprint density at radius 2 is 1.68 bits per heavy atom. The second-order valence-corrected chi connectivity index (χ2v) is 7.79. The molecule has 0 aromatic heterocycles. The molecule has 0 saturated carbocycles. The predicted molar refractivity (Wildman–Crippen MR) is 136 cm³/mol. The molecule has 1 atom stereocenters. The van der Waals surface area contributed by atoms with Crippen LogP contribution >= 0.6 is 0 Å². The number of rotatable bonds is 7. The number of allylic oxidation sites excluding steroid dienone is 1. The van der Waals surface area contributed by atoms with E-state index >= 15 is 0 Å². The highest BCUT2D eigenvalue weighted by Gasteiger charge is 2.28. The van der Waals surface area contributed by atoms with Crippen molar-refractivity contribution in [2.75, 3.05) is 11.6 Å². The molecule has 168 valence electrons. The molecule has 0 bridgehead atoms. The number of esters is 1. The van der Waals surface area contributed by atoms with Crippen LogP contribution in [-0.2, 0) is 9.53 Å². The highest BCUT2D eigenvalue weighted by molar-refractivity contribution is 6.01. The lowest BCUT2D eigenvalue weighted by Crippen LogP contribution is -2.18. The van der Waals surface area contributed by atoms with E-state index in [-0.39, 0.29) is 18.2 Å². The smallest absolute Gasteiger partial charge is 0.348 e. The summed E-state index contributed by atoms with van der Waals surface area (Å²) in [6.07, 6.45) is 6.48. The Balaban J connectivity index is 1.61. The Labute approximate surface area is 199 Å². The number of carbonyl (C=O) groups is 1. The van der Waals surface area contributed by atoms with Gasteiger partial charge >= 0.3 is 5.97 Å². The van der Waals surface area contributed by atoms with Crippen LogP contribution in [0.15, 0.2) is 102 Å². The van der Waals surface area contributed by atoms with Gasteiger partial charge in [0, 0.05) is 6.42 Å². The molecule has 5 nitrogen and oxygen atoms in total. The van der Waals surface area contributed by atoms with Crippen LogP contribution in [0.3, 0.4) is 0 Å². The van der Waals surface area contributed by atoms with E-state index in [1.165, 1.54) is 11.6 Å². The topological polar surface area (TPSA) is 65.7 Å². The standard InChI is InChI=1S/C29H25N3O2/c1-2-34-29(33)25(21-30)19-23-14-17-27(18-15-23)32-28(24-11-7-4-8-12-24)20-26(31-32)16-13-22-9-5-3-6-10-22/h3-19,28H,2,20H2,1H3. The Kier molecular flexibility index (Phi) is 7.32. The number of nitrogens with zero attached hydrogens (tertiary/aromatic N) is 3. The van der Waals surface area contributed by atoms with E-state index in [0.717, 1.165) is 28.9 Å². The van der Waals surface area contributed by atoms with Crippen molar-refractivity contribution in [3.63, 3.8) is 0 Å². The monoisotopic (exact) mass is 447 g/mol. The summed E-state index contributed by atoms with van der Waals surface area (Å²) in [5.74, 6) is -0.614. The number of hydrogen-bond donors (Lipinski definition) is 0. The molecule has 0 N–H and O–H groups in total. The van der Waals surface area contributed by atoms with Crippen LogP contribution in [0.4, 0.5) is 5.69 Å². The third kappa shape index (κ3) is 5.48. The molecule has 0 spiro atoms. The Hall–Kier alpha value is -4.43.